The highest BCUT2D eigenvalue weighted by Gasteiger charge is 2.12. The number of carbonyl (C=O) groups is 1. The van der Waals surface area contributed by atoms with E-state index in [2.05, 4.69) is 4.98 Å². The number of halogens is 2. The van der Waals surface area contributed by atoms with E-state index in [0.29, 0.717) is 22.5 Å². The van der Waals surface area contributed by atoms with Crippen LogP contribution in [0, 0.1) is 12.7 Å². The molecule has 0 atom stereocenters. The standard InChI is InChI=1S/C14H12ClFN2O2/c1-8-11(5-10(17)6-18-8)14(19)20-7-9-2-3-13(16)12(15)4-9/h2-6H,7,17H2,1H3. The number of aryl methyl sites for hydroxylation is 1. The van der Waals surface area contributed by atoms with Crippen LogP contribution < -0.4 is 5.73 Å². The number of aromatic nitrogens is 1. The van der Waals surface area contributed by atoms with Crippen LogP contribution in [0.25, 0.3) is 0 Å². The molecular formula is C14H12ClFN2O2. The van der Waals surface area contributed by atoms with Gasteiger partial charge in [0.2, 0.25) is 0 Å². The highest BCUT2D eigenvalue weighted by atomic mass is 35.5. The summed E-state index contributed by atoms with van der Waals surface area (Å²) in [6.07, 6.45) is 1.46. The monoisotopic (exact) mass is 294 g/mol. The molecule has 0 aliphatic heterocycles. The highest BCUT2D eigenvalue weighted by molar-refractivity contribution is 6.30. The van der Waals surface area contributed by atoms with E-state index in [4.69, 9.17) is 22.1 Å². The molecule has 0 radical (unpaired) electrons. The van der Waals surface area contributed by atoms with Gasteiger partial charge in [-0.15, -0.1) is 0 Å². The first kappa shape index (κ1) is 14.3. The first-order valence-corrected chi connectivity index (χ1v) is 6.18. The fourth-order valence-corrected chi connectivity index (χ4v) is 1.82. The second-order valence-electron chi connectivity index (χ2n) is 4.23. The molecule has 2 N–H and O–H groups in total. The summed E-state index contributed by atoms with van der Waals surface area (Å²) < 4.78 is 18.1. The van der Waals surface area contributed by atoms with Crippen molar-refractivity contribution in [3.8, 4) is 0 Å². The van der Waals surface area contributed by atoms with E-state index in [1.54, 1.807) is 6.92 Å². The Labute approximate surface area is 120 Å². The van der Waals surface area contributed by atoms with Crippen LogP contribution >= 0.6 is 11.6 Å². The zero-order valence-corrected chi connectivity index (χ0v) is 11.4. The Morgan fingerprint density at radius 2 is 2.20 bits per heavy atom. The molecule has 1 aromatic carbocycles. The van der Waals surface area contributed by atoms with Crippen LogP contribution in [0.4, 0.5) is 10.1 Å². The van der Waals surface area contributed by atoms with Crippen molar-refractivity contribution < 1.29 is 13.9 Å². The van der Waals surface area contributed by atoms with E-state index < -0.39 is 11.8 Å². The van der Waals surface area contributed by atoms with E-state index in [1.165, 1.54) is 30.5 Å². The van der Waals surface area contributed by atoms with Gasteiger partial charge >= 0.3 is 5.97 Å². The summed E-state index contributed by atoms with van der Waals surface area (Å²) in [5.41, 5.74) is 7.39. The van der Waals surface area contributed by atoms with Crippen molar-refractivity contribution in [1.29, 1.82) is 0 Å². The Morgan fingerprint density at radius 3 is 2.90 bits per heavy atom. The molecule has 0 amide bonds. The lowest BCUT2D eigenvalue weighted by Crippen LogP contribution is -2.09. The SMILES string of the molecule is Cc1ncc(N)cc1C(=O)OCc1ccc(F)c(Cl)c1. The van der Waals surface area contributed by atoms with Crippen molar-refractivity contribution >= 4 is 23.3 Å². The first-order valence-electron chi connectivity index (χ1n) is 5.80. The molecule has 20 heavy (non-hydrogen) atoms. The summed E-state index contributed by atoms with van der Waals surface area (Å²) in [4.78, 5) is 15.9. The summed E-state index contributed by atoms with van der Waals surface area (Å²) >= 11 is 5.65. The van der Waals surface area contributed by atoms with Gasteiger partial charge in [-0.05, 0) is 30.7 Å². The van der Waals surface area contributed by atoms with Gasteiger partial charge in [0.05, 0.1) is 28.2 Å². The van der Waals surface area contributed by atoms with E-state index in [-0.39, 0.29) is 11.6 Å². The second kappa shape index (κ2) is 5.88. The van der Waals surface area contributed by atoms with Gasteiger partial charge in [0.25, 0.3) is 0 Å². The molecule has 0 bridgehead atoms. The molecule has 0 saturated heterocycles. The Hall–Kier alpha value is -2.14. The number of esters is 1. The van der Waals surface area contributed by atoms with E-state index in [9.17, 15) is 9.18 Å². The number of nitrogens with two attached hydrogens (primary N) is 1. The van der Waals surface area contributed by atoms with Gasteiger partial charge in [-0.2, -0.15) is 0 Å². The molecule has 0 unspecified atom stereocenters. The second-order valence-corrected chi connectivity index (χ2v) is 4.63. The third-order valence-electron chi connectivity index (χ3n) is 2.68. The Bertz CT molecular complexity index is 662. The number of benzene rings is 1. The fraction of sp³-hybridized carbons (Fsp3) is 0.143. The van der Waals surface area contributed by atoms with Crippen LogP contribution in [0.2, 0.25) is 5.02 Å². The molecule has 0 saturated carbocycles. The van der Waals surface area contributed by atoms with Gasteiger partial charge < -0.3 is 10.5 Å². The topological polar surface area (TPSA) is 65.2 Å². The van der Waals surface area contributed by atoms with Crippen LogP contribution in [0.15, 0.2) is 30.5 Å². The number of hydrogen-bond acceptors (Lipinski definition) is 4. The molecule has 104 valence electrons. The largest absolute Gasteiger partial charge is 0.457 e. The van der Waals surface area contributed by atoms with Gasteiger partial charge in [-0.25, -0.2) is 9.18 Å². The molecule has 0 aliphatic rings. The lowest BCUT2D eigenvalue weighted by molar-refractivity contribution is 0.0471. The van der Waals surface area contributed by atoms with Gasteiger partial charge in [0.1, 0.15) is 12.4 Å². The zero-order valence-electron chi connectivity index (χ0n) is 10.7. The predicted molar refractivity (Wildman–Crippen MR) is 73.9 cm³/mol. The number of nitrogen functional groups attached to an aromatic ring is 1. The molecular weight excluding hydrogens is 283 g/mol. The van der Waals surface area contributed by atoms with E-state index in [1.807, 2.05) is 0 Å². The molecule has 0 aliphatic carbocycles. The number of nitrogens with zero attached hydrogens (tertiary/aromatic N) is 1. The van der Waals surface area contributed by atoms with Crippen LogP contribution in [-0.4, -0.2) is 11.0 Å². The van der Waals surface area contributed by atoms with Crippen molar-refractivity contribution in [2.45, 2.75) is 13.5 Å². The van der Waals surface area contributed by atoms with Crippen LogP contribution in [-0.2, 0) is 11.3 Å². The van der Waals surface area contributed by atoms with Crippen molar-refractivity contribution in [2.75, 3.05) is 5.73 Å². The summed E-state index contributed by atoms with van der Waals surface area (Å²) in [6.45, 7) is 1.68. The van der Waals surface area contributed by atoms with Crippen LogP contribution in [0.5, 0.6) is 0 Å². The van der Waals surface area contributed by atoms with Crippen LogP contribution in [0.3, 0.4) is 0 Å². The maximum atomic E-state index is 13.0. The Balaban J connectivity index is 2.08. The minimum Gasteiger partial charge on any atom is -0.457 e. The molecule has 1 heterocycles. The van der Waals surface area contributed by atoms with Crippen molar-refractivity contribution in [3.05, 3.63) is 58.1 Å². The molecule has 0 spiro atoms. The minimum absolute atomic E-state index is 0.00687. The summed E-state index contributed by atoms with van der Waals surface area (Å²) in [6, 6.07) is 5.63. The van der Waals surface area contributed by atoms with Gasteiger partial charge in [0, 0.05) is 0 Å². The van der Waals surface area contributed by atoms with E-state index in [0.717, 1.165) is 0 Å². The molecule has 6 heteroatoms. The minimum atomic E-state index is -0.539. The van der Waals surface area contributed by atoms with Gasteiger partial charge in [-0.3, -0.25) is 4.98 Å². The van der Waals surface area contributed by atoms with Gasteiger partial charge in [0.15, 0.2) is 0 Å². The number of carbonyl (C=O) groups excluding carboxylic acids is 1. The Kier molecular flexibility index (Phi) is 4.20. The third-order valence-corrected chi connectivity index (χ3v) is 2.97. The van der Waals surface area contributed by atoms with Crippen molar-refractivity contribution in [2.24, 2.45) is 0 Å². The van der Waals surface area contributed by atoms with Crippen molar-refractivity contribution in [1.82, 2.24) is 4.98 Å². The van der Waals surface area contributed by atoms with E-state index >= 15 is 0 Å². The number of anilines is 1. The van der Waals surface area contributed by atoms with Crippen LogP contribution in [0.1, 0.15) is 21.6 Å². The normalized spacial score (nSPS) is 10.3. The molecule has 0 fully saturated rings. The quantitative estimate of drug-likeness (QED) is 0.883. The third kappa shape index (κ3) is 3.24. The number of hydrogen-bond donors (Lipinski definition) is 1. The molecule has 4 nitrogen and oxygen atoms in total. The highest BCUT2D eigenvalue weighted by Crippen LogP contribution is 2.17. The average Bonchev–Trinajstić information content (AvgIpc) is 2.42. The van der Waals surface area contributed by atoms with Gasteiger partial charge in [-0.1, -0.05) is 17.7 Å². The lowest BCUT2D eigenvalue weighted by Gasteiger charge is -2.08. The lowest BCUT2D eigenvalue weighted by atomic mass is 10.2. The number of pyridine rings is 1. The molecule has 2 aromatic rings. The fourth-order valence-electron chi connectivity index (χ4n) is 1.61. The predicted octanol–water partition coefficient (Wildman–Crippen LogP) is 3.12. The van der Waals surface area contributed by atoms with Crippen molar-refractivity contribution in [3.63, 3.8) is 0 Å². The first-order chi connectivity index (χ1) is 9.47. The zero-order chi connectivity index (χ0) is 14.7. The summed E-state index contributed by atoms with van der Waals surface area (Å²) in [5, 5.41) is -0.0136. The maximum absolute atomic E-state index is 13.0. The average molecular weight is 295 g/mol. The molecule has 1 aromatic heterocycles. The number of rotatable bonds is 3. The Morgan fingerprint density at radius 1 is 1.45 bits per heavy atom. The summed E-state index contributed by atoms with van der Waals surface area (Å²) in [7, 11) is 0. The molecule has 2 rings (SSSR count). The maximum Gasteiger partial charge on any atom is 0.340 e. The summed E-state index contributed by atoms with van der Waals surface area (Å²) in [5.74, 6) is -1.06. The number of ether oxygens (including phenoxy) is 1. The smallest absolute Gasteiger partial charge is 0.340 e.